The summed E-state index contributed by atoms with van der Waals surface area (Å²) in [5.41, 5.74) is 1.47. The number of carbonyl (C=O) groups is 1. The summed E-state index contributed by atoms with van der Waals surface area (Å²) in [4.78, 5) is 12.0. The number of rotatable bonds is 6. The lowest BCUT2D eigenvalue weighted by atomic mass is 10.1. The molecule has 2 aromatic rings. The Morgan fingerprint density at radius 1 is 1.27 bits per heavy atom. The van der Waals surface area contributed by atoms with Gasteiger partial charge in [-0.15, -0.1) is 0 Å². The van der Waals surface area contributed by atoms with Gasteiger partial charge in [0.25, 0.3) is 0 Å². The van der Waals surface area contributed by atoms with Crippen LogP contribution in [0.4, 0.5) is 16.3 Å². The molecule has 1 aromatic heterocycles. The van der Waals surface area contributed by atoms with E-state index in [4.69, 9.17) is 4.74 Å². The number of hydrogen-bond donors (Lipinski definition) is 3. The van der Waals surface area contributed by atoms with E-state index in [1.807, 2.05) is 38.1 Å². The van der Waals surface area contributed by atoms with Crippen LogP contribution in [0.3, 0.4) is 0 Å². The summed E-state index contributed by atoms with van der Waals surface area (Å²) in [6.45, 7) is 6.63. The number of nitrogens with one attached hydrogen (secondary N) is 3. The second-order valence-electron chi connectivity index (χ2n) is 5.61. The molecule has 0 aliphatic rings. The summed E-state index contributed by atoms with van der Waals surface area (Å²) in [7, 11) is 0. The second-order valence-corrected chi connectivity index (χ2v) is 5.61. The van der Waals surface area contributed by atoms with Crippen molar-refractivity contribution in [1.29, 1.82) is 0 Å². The average Bonchev–Trinajstić information content (AvgIpc) is 2.99. The molecule has 2 rings (SSSR count). The van der Waals surface area contributed by atoms with Crippen LogP contribution in [0.5, 0.6) is 0 Å². The number of benzene rings is 1. The Kier molecular flexibility index (Phi) is 5.16. The Balaban J connectivity index is 2.00. The highest BCUT2D eigenvalue weighted by Gasteiger charge is 2.16. The highest BCUT2D eigenvalue weighted by Crippen LogP contribution is 2.21. The molecule has 2 amide bonds. The van der Waals surface area contributed by atoms with E-state index in [1.54, 1.807) is 12.3 Å². The lowest BCUT2D eigenvalue weighted by Crippen LogP contribution is -2.24. The van der Waals surface area contributed by atoms with Crippen LogP contribution in [0.15, 0.2) is 36.5 Å². The van der Waals surface area contributed by atoms with Crippen LogP contribution in [0, 0.1) is 0 Å². The van der Waals surface area contributed by atoms with Gasteiger partial charge in [-0.2, -0.15) is 5.10 Å². The van der Waals surface area contributed by atoms with Crippen molar-refractivity contribution >= 4 is 17.5 Å². The molecule has 1 aromatic carbocycles. The van der Waals surface area contributed by atoms with Crippen LogP contribution >= 0.6 is 0 Å². The Hall–Kier alpha value is -2.34. The Labute approximate surface area is 130 Å². The molecular formula is C16H22N4O2. The molecule has 118 valence electrons. The van der Waals surface area contributed by atoms with Gasteiger partial charge in [-0.3, -0.25) is 10.4 Å². The van der Waals surface area contributed by atoms with Crippen LogP contribution < -0.4 is 10.6 Å². The topological polar surface area (TPSA) is 79.0 Å². The van der Waals surface area contributed by atoms with E-state index in [9.17, 15) is 4.79 Å². The summed E-state index contributed by atoms with van der Waals surface area (Å²) in [5.74, 6) is 0.540. The fourth-order valence-electron chi connectivity index (χ4n) is 1.74. The number of urea groups is 1. The zero-order valence-electron chi connectivity index (χ0n) is 13.1. The number of hydrogen-bond acceptors (Lipinski definition) is 3. The van der Waals surface area contributed by atoms with Gasteiger partial charge in [-0.25, -0.2) is 4.79 Å². The number of nitrogens with zero attached hydrogens (tertiary/aromatic N) is 1. The number of para-hydroxylation sites is 1. The monoisotopic (exact) mass is 302 g/mol. The van der Waals surface area contributed by atoms with E-state index in [0.717, 1.165) is 17.7 Å². The standard InChI is InChI=1S/C16H22N4O2/c1-4-16(2,3)22-11-12-7-5-6-8-13(12)18-15(21)19-14-9-10-17-20-14/h5-10H,4,11H2,1-3H3,(H3,17,18,19,20,21). The van der Waals surface area contributed by atoms with E-state index in [2.05, 4.69) is 27.8 Å². The molecule has 6 heteroatoms. The van der Waals surface area contributed by atoms with Gasteiger partial charge in [-0.05, 0) is 26.3 Å². The summed E-state index contributed by atoms with van der Waals surface area (Å²) in [6.07, 6.45) is 2.49. The molecule has 1 heterocycles. The number of H-pyrrole nitrogens is 1. The van der Waals surface area contributed by atoms with Crippen molar-refractivity contribution in [2.75, 3.05) is 10.6 Å². The van der Waals surface area contributed by atoms with E-state index in [0.29, 0.717) is 12.4 Å². The molecule has 22 heavy (non-hydrogen) atoms. The molecule has 0 aliphatic heterocycles. The molecule has 0 unspecified atom stereocenters. The predicted molar refractivity (Wildman–Crippen MR) is 86.8 cm³/mol. The molecule has 0 bridgehead atoms. The highest BCUT2D eigenvalue weighted by atomic mass is 16.5. The minimum atomic E-state index is -0.327. The van der Waals surface area contributed by atoms with E-state index in [-0.39, 0.29) is 11.6 Å². The number of aromatic nitrogens is 2. The molecule has 0 atom stereocenters. The van der Waals surface area contributed by atoms with E-state index in [1.165, 1.54) is 0 Å². The van der Waals surface area contributed by atoms with Crippen molar-refractivity contribution in [2.45, 2.75) is 39.4 Å². The van der Waals surface area contributed by atoms with Crippen LogP contribution in [-0.2, 0) is 11.3 Å². The molecule has 0 saturated carbocycles. The average molecular weight is 302 g/mol. The first-order chi connectivity index (χ1) is 10.5. The number of anilines is 2. The fourth-order valence-corrected chi connectivity index (χ4v) is 1.74. The zero-order valence-corrected chi connectivity index (χ0v) is 13.1. The predicted octanol–water partition coefficient (Wildman–Crippen LogP) is 3.76. The highest BCUT2D eigenvalue weighted by molar-refractivity contribution is 5.99. The van der Waals surface area contributed by atoms with Crippen LogP contribution in [0.25, 0.3) is 0 Å². The Morgan fingerprint density at radius 2 is 2.05 bits per heavy atom. The number of amides is 2. The number of ether oxygens (including phenoxy) is 1. The normalized spacial score (nSPS) is 11.2. The summed E-state index contributed by atoms with van der Waals surface area (Å²) in [5, 5.41) is 12.0. The Morgan fingerprint density at radius 3 is 2.73 bits per heavy atom. The van der Waals surface area contributed by atoms with Crippen molar-refractivity contribution < 1.29 is 9.53 Å². The van der Waals surface area contributed by atoms with Gasteiger partial charge in [0.2, 0.25) is 0 Å². The Bertz CT molecular complexity index is 608. The van der Waals surface area contributed by atoms with Crippen molar-refractivity contribution in [2.24, 2.45) is 0 Å². The molecule has 0 fully saturated rings. The summed E-state index contributed by atoms with van der Waals surface area (Å²) >= 11 is 0. The van der Waals surface area contributed by atoms with Crippen molar-refractivity contribution in [3.8, 4) is 0 Å². The molecular weight excluding hydrogens is 280 g/mol. The minimum Gasteiger partial charge on any atom is -0.371 e. The first-order valence-corrected chi connectivity index (χ1v) is 7.29. The molecule has 0 radical (unpaired) electrons. The first kappa shape index (κ1) is 16.0. The largest absolute Gasteiger partial charge is 0.371 e. The quantitative estimate of drug-likeness (QED) is 0.760. The maximum Gasteiger partial charge on any atom is 0.324 e. The van der Waals surface area contributed by atoms with Gasteiger partial charge in [-0.1, -0.05) is 25.1 Å². The van der Waals surface area contributed by atoms with Crippen molar-refractivity contribution in [3.63, 3.8) is 0 Å². The molecule has 0 saturated heterocycles. The smallest absolute Gasteiger partial charge is 0.324 e. The van der Waals surface area contributed by atoms with Gasteiger partial charge in [0.05, 0.1) is 18.4 Å². The van der Waals surface area contributed by atoms with Crippen LogP contribution in [-0.4, -0.2) is 21.8 Å². The maximum atomic E-state index is 12.0. The summed E-state index contributed by atoms with van der Waals surface area (Å²) in [6, 6.07) is 8.95. The van der Waals surface area contributed by atoms with Crippen molar-refractivity contribution in [3.05, 3.63) is 42.1 Å². The fraction of sp³-hybridized carbons (Fsp3) is 0.375. The minimum absolute atomic E-state index is 0.189. The van der Waals surface area contributed by atoms with E-state index >= 15 is 0 Å². The second kappa shape index (κ2) is 7.09. The summed E-state index contributed by atoms with van der Waals surface area (Å²) < 4.78 is 5.90. The van der Waals surface area contributed by atoms with Gasteiger partial charge < -0.3 is 10.1 Å². The third-order valence-corrected chi connectivity index (χ3v) is 3.48. The van der Waals surface area contributed by atoms with Crippen molar-refractivity contribution in [1.82, 2.24) is 10.2 Å². The molecule has 0 spiro atoms. The maximum absolute atomic E-state index is 12.0. The number of aromatic amines is 1. The SMILES string of the molecule is CCC(C)(C)OCc1ccccc1NC(=O)Nc1ccn[nH]1. The lowest BCUT2D eigenvalue weighted by molar-refractivity contribution is -0.0313. The van der Waals surface area contributed by atoms with Gasteiger partial charge in [0.15, 0.2) is 0 Å². The zero-order chi connectivity index (χ0) is 16.0. The first-order valence-electron chi connectivity index (χ1n) is 7.29. The van der Waals surface area contributed by atoms with Gasteiger partial charge in [0.1, 0.15) is 5.82 Å². The van der Waals surface area contributed by atoms with Crippen LogP contribution in [0.2, 0.25) is 0 Å². The molecule has 0 aliphatic carbocycles. The van der Waals surface area contributed by atoms with Gasteiger partial charge in [0, 0.05) is 17.3 Å². The molecule has 3 N–H and O–H groups in total. The number of carbonyl (C=O) groups excluding carboxylic acids is 1. The van der Waals surface area contributed by atoms with E-state index < -0.39 is 0 Å². The molecule has 6 nitrogen and oxygen atoms in total. The van der Waals surface area contributed by atoms with Gasteiger partial charge >= 0.3 is 6.03 Å². The third-order valence-electron chi connectivity index (χ3n) is 3.48. The van der Waals surface area contributed by atoms with Crippen LogP contribution in [0.1, 0.15) is 32.8 Å². The third kappa shape index (κ3) is 4.60. The lowest BCUT2D eigenvalue weighted by Gasteiger charge is -2.24.